The Morgan fingerprint density at radius 1 is 1.19 bits per heavy atom. The molecular weight excluding hydrogens is 338 g/mol. The summed E-state index contributed by atoms with van der Waals surface area (Å²) in [6.07, 6.45) is 12.7. The smallest absolute Gasteiger partial charge is 0.0608 e. The number of benzene rings is 1. The predicted molar refractivity (Wildman–Crippen MR) is 108 cm³/mol. The van der Waals surface area contributed by atoms with Gasteiger partial charge in [0.25, 0.3) is 0 Å². The van der Waals surface area contributed by atoms with Gasteiger partial charge in [-0.15, -0.1) is 0 Å². The molecule has 1 N–H and O–H groups in total. The Morgan fingerprint density at radius 2 is 2.00 bits per heavy atom. The second kappa shape index (κ2) is 9.93. The first kappa shape index (κ1) is 19.9. The van der Waals surface area contributed by atoms with E-state index < -0.39 is 0 Å². The monoisotopic (exact) mass is 369 g/mol. The molecule has 5 nitrogen and oxygen atoms in total. The van der Waals surface area contributed by atoms with E-state index in [-0.39, 0.29) is 12.0 Å². The van der Waals surface area contributed by atoms with Crippen molar-refractivity contribution in [2.24, 2.45) is 28.8 Å². The van der Waals surface area contributed by atoms with Crippen molar-refractivity contribution < 1.29 is 9.84 Å². The molecule has 1 aromatic rings. The lowest BCUT2D eigenvalue weighted by Gasteiger charge is -2.19. The Morgan fingerprint density at radius 3 is 2.74 bits per heavy atom. The zero-order chi connectivity index (χ0) is 19.1. The van der Waals surface area contributed by atoms with Crippen LogP contribution in [0.2, 0.25) is 0 Å². The number of azide groups is 1. The number of rotatable bonds is 9. The number of aliphatic hydroxyl groups excluding tert-OH is 1. The summed E-state index contributed by atoms with van der Waals surface area (Å²) in [5.41, 5.74) is 10.2. The molecule has 27 heavy (non-hydrogen) atoms. The van der Waals surface area contributed by atoms with Gasteiger partial charge < -0.3 is 9.84 Å². The second-order valence-electron chi connectivity index (χ2n) is 8.12. The lowest BCUT2D eigenvalue weighted by Crippen LogP contribution is -2.17. The van der Waals surface area contributed by atoms with E-state index in [0.717, 1.165) is 24.5 Å². The van der Waals surface area contributed by atoms with Gasteiger partial charge in [-0.25, -0.2) is 0 Å². The molecule has 146 valence electrons. The van der Waals surface area contributed by atoms with Crippen LogP contribution in [0.5, 0.6) is 0 Å². The number of unbranched alkanes of at least 4 members (excludes halogenated alkanes) is 2. The van der Waals surface area contributed by atoms with Crippen molar-refractivity contribution in [2.45, 2.75) is 51.0 Å². The fourth-order valence-corrected chi connectivity index (χ4v) is 5.06. The topological polar surface area (TPSA) is 78.2 Å². The summed E-state index contributed by atoms with van der Waals surface area (Å²) < 4.78 is 5.13. The second-order valence-corrected chi connectivity index (χ2v) is 8.12. The van der Waals surface area contributed by atoms with E-state index in [1.165, 1.54) is 38.5 Å². The van der Waals surface area contributed by atoms with Crippen LogP contribution in [0.4, 0.5) is 5.69 Å². The van der Waals surface area contributed by atoms with Crippen LogP contribution < -0.4 is 0 Å². The first-order valence-electron chi connectivity index (χ1n) is 10.2. The SMILES string of the molecule is COCCCCCC1C[C@H]2C[C@@H](O)[C@H](/C=C/c3ccc(N=[N+]=[N-])cc3)[C@H]2C1. The molecule has 0 bridgehead atoms. The van der Waals surface area contributed by atoms with E-state index in [1.54, 1.807) is 7.11 Å². The van der Waals surface area contributed by atoms with Gasteiger partial charge >= 0.3 is 0 Å². The number of aliphatic hydroxyl groups is 1. The molecule has 0 radical (unpaired) electrons. The van der Waals surface area contributed by atoms with Crippen molar-refractivity contribution in [3.63, 3.8) is 0 Å². The van der Waals surface area contributed by atoms with Gasteiger partial charge in [0.2, 0.25) is 0 Å². The van der Waals surface area contributed by atoms with Crippen LogP contribution >= 0.6 is 0 Å². The summed E-state index contributed by atoms with van der Waals surface area (Å²) in [6, 6.07) is 7.55. The van der Waals surface area contributed by atoms with Gasteiger partial charge in [0, 0.05) is 30.2 Å². The van der Waals surface area contributed by atoms with Gasteiger partial charge in [0.05, 0.1) is 6.10 Å². The van der Waals surface area contributed by atoms with E-state index in [0.29, 0.717) is 17.5 Å². The van der Waals surface area contributed by atoms with Gasteiger partial charge in [-0.1, -0.05) is 60.8 Å². The maximum Gasteiger partial charge on any atom is 0.0608 e. The Kier molecular flexibility index (Phi) is 7.33. The highest BCUT2D eigenvalue weighted by molar-refractivity contribution is 5.53. The third kappa shape index (κ3) is 5.35. The molecule has 1 unspecified atom stereocenters. The highest BCUT2D eigenvalue weighted by Gasteiger charge is 2.46. The van der Waals surface area contributed by atoms with E-state index in [9.17, 15) is 5.11 Å². The van der Waals surface area contributed by atoms with Gasteiger partial charge in [-0.3, -0.25) is 0 Å². The third-order valence-corrected chi connectivity index (χ3v) is 6.36. The van der Waals surface area contributed by atoms with Crippen LogP contribution in [0.25, 0.3) is 16.5 Å². The lowest BCUT2D eigenvalue weighted by molar-refractivity contribution is 0.135. The van der Waals surface area contributed by atoms with Crippen molar-refractivity contribution in [3.8, 4) is 0 Å². The summed E-state index contributed by atoms with van der Waals surface area (Å²) in [5.74, 6) is 2.41. The van der Waals surface area contributed by atoms with Crippen LogP contribution in [0.15, 0.2) is 35.5 Å². The van der Waals surface area contributed by atoms with Crippen LogP contribution in [-0.2, 0) is 4.74 Å². The molecule has 0 aliphatic heterocycles. The fraction of sp³-hybridized carbons (Fsp3) is 0.636. The van der Waals surface area contributed by atoms with Gasteiger partial charge in [-0.05, 0) is 54.5 Å². The van der Waals surface area contributed by atoms with Crippen molar-refractivity contribution in [1.29, 1.82) is 0 Å². The van der Waals surface area contributed by atoms with Crippen molar-refractivity contribution in [2.75, 3.05) is 13.7 Å². The molecule has 1 aromatic carbocycles. The summed E-state index contributed by atoms with van der Waals surface area (Å²) in [4.78, 5) is 2.80. The minimum Gasteiger partial charge on any atom is -0.392 e. The van der Waals surface area contributed by atoms with Gasteiger partial charge in [-0.2, -0.15) is 0 Å². The predicted octanol–water partition coefficient (Wildman–Crippen LogP) is 5.87. The average molecular weight is 370 g/mol. The van der Waals surface area contributed by atoms with Crippen LogP contribution in [-0.4, -0.2) is 24.9 Å². The third-order valence-electron chi connectivity index (χ3n) is 6.36. The summed E-state index contributed by atoms with van der Waals surface area (Å²) >= 11 is 0. The maximum atomic E-state index is 10.5. The Hall–Kier alpha value is -1.81. The van der Waals surface area contributed by atoms with Crippen LogP contribution in [0.3, 0.4) is 0 Å². The molecule has 0 heterocycles. The highest BCUT2D eigenvalue weighted by Crippen LogP contribution is 2.51. The van der Waals surface area contributed by atoms with Crippen molar-refractivity contribution >= 4 is 11.8 Å². The molecule has 5 heteroatoms. The normalized spacial score (nSPS) is 29.8. The average Bonchev–Trinajstić information content (AvgIpc) is 3.18. The Labute approximate surface area is 162 Å². The van der Waals surface area contributed by atoms with Crippen molar-refractivity contribution in [3.05, 3.63) is 46.3 Å². The zero-order valence-electron chi connectivity index (χ0n) is 16.2. The number of hydrogen-bond acceptors (Lipinski definition) is 3. The summed E-state index contributed by atoms with van der Waals surface area (Å²) in [6.45, 7) is 0.874. The van der Waals surface area contributed by atoms with E-state index >= 15 is 0 Å². The molecule has 0 aromatic heterocycles. The zero-order valence-corrected chi connectivity index (χ0v) is 16.2. The molecule has 2 saturated carbocycles. The maximum absolute atomic E-state index is 10.5. The molecule has 0 saturated heterocycles. The van der Waals surface area contributed by atoms with Crippen LogP contribution in [0, 0.1) is 23.7 Å². The number of nitrogens with zero attached hydrogens (tertiary/aromatic N) is 3. The number of fused-ring (bicyclic) bond motifs is 1. The first-order chi connectivity index (χ1) is 13.2. The van der Waals surface area contributed by atoms with Gasteiger partial charge in [0.15, 0.2) is 0 Å². The standard InChI is InChI=1S/C22H31N3O2/c1-27-12-4-2-3-5-17-13-18-15-22(26)20(21(18)14-17)11-8-16-6-9-19(10-7-16)24-25-23/h6-11,17-18,20-22,26H,2-5,12-15H2,1H3/b11-8+/t17?,18-,20+,21-,22+/m0/s1. The highest BCUT2D eigenvalue weighted by atomic mass is 16.5. The van der Waals surface area contributed by atoms with E-state index in [1.807, 2.05) is 24.3 Å². The summed E-state index contributed by atoms with van der Waals surface area (Å²) in [5, 5.41) is 14.1. The molecule has 0 spiro atoms. The van der Waals surface area contributed by atoms with Crippen molar-refractivity contribution in [1.82, 2.24) is 0 Å². The van der Waals surface area contributed by atoms with Gasteiger partial charge in [0.1, 0.15) is 0 Å². The van der Waals surface area contributed by atoms with E-state index in [2.05, 4.69) is 22.2 Å². The molecule has 2 aliphatic carbocycles. The minimum absolute atomic E-state index is 0.207. The molecule has 3 rings (SSSR count). The summed E-state index contributed by atoms with van der Waals surface area (Å²) in [7, 11) is 1.77. The fourth-order valence-electron chi connectivity index (χ4n) is 5.06. The lowest BCUT2D eigenvalue weighted by atomic mass is 9.89. The Balaban J connectivity index is 1.52. The molecular formula is C22H31N3O2. The largest absolute Gasteiger partial charge is 0.392 e. The minimum atomic E-state index is -0.207. The molecule has 5 atom stereocenters. The first-order valence-corrected chi connectivity index (χ1v) is 10.2. The van der Waals surface area contributed by atoms with E-state index in [4.69, 9.17) is 10.3 Å². The number of hydrogen-bond donors (Lipinski definition) is 1. The number of methoxy groups -OCH3 is 1. The molecule has 2 fully saturated rings. The molecule has 2 aliphatic rings. The Bertz CT molecular complexity index is 667. The van der Waals surface area contributed by atoms with Crippen LogP contribution in [0.1, 0.15) is 50.5 Å². The number of ether oxygens (including phenoxy) is 1. The quantitative estimate of drug-likeness (QED) is 0.256. The molecule has 0 amide bonds.